The van der Waals surface area contributed by atoms with Crippen molar-refractivity contribution in [3.8, 4) is 22.8 Å². The van der Waals surface area contributed by atoms with Crippen molar-refractivity contribution in [1.82, 2.24) is 19.1 Å². The first-order valence-corrected chi connectivity index (χ1v) is 10.5. The summed E-state index contributed by atoms with van der Waals surface area (Å²) in [5.41, 5.74) is 4.02. The van der Waals surface area contributed by atoms with E-state index in [1.807, 2.05) is 54.2 Å². The van der Waals surface area contributed by atoms with Gasteiger partial charge in [0.1, 0.15) is 5.82 Å². The Bertz CT molecular complexity index is 1120. The Labute approximate surface area is 183 Å². The van der Waals surface area contributed by atoms with Crippen LogP contribution in [0.15, 0.2) is 77.9 Å². The van der Waals surface area contributed by atoms with E-state index < -0.39 is 0 Å². The molecule has 6 nitrogen and oxygen atoms in total. The molecule has 3 aromatic heterocycles. The number of carbonyl (C=O) groups excluding carboxylic acids is 1. The summed E-state index contributed by atoms with van der Waals surface area (Å²) in [7, 11) is 0. The van der Waals surface area contributed by atoms with Crippen molar-refractivity contribution in [2.75, 3.05) is 6.61 Å². The van der Waals surface area contributed by atoms with E-state index in [9.17, 15) is 4.79 Å². The minimum absolute atomic E-state index is 0.196. The lowest BCUT2D eigenvalue weighted by molar-refractivity contribution is -0.143. The zero-order valence-corrected chi connectivity index (χ0v) is 18.1. The van der Waals surface area contributed by atoms with Crippen LogP contribution in [0.2, 0.25) is 0 Å². The maximum atomic E-state index is 11.9. The van der Waals surface area contributed by atoms with Gasteiger partial charge in [0.25, 0.3) is 0 Å². The van der Waals surface area contributed by atoms with Crippen LogP contribution in [0.3, 0.4) is 0 Å². The Hall–Kier alpha value is -3.19. The summed E-state index contributed by atoms with van der Waals surface area (Å²) < 4.78 is 10.1. The van der Waals surface area contributed by atoms with Crippen LogP contribution < -0.4 is 0 Å². The second-order valence-electron chi connectivity index (χ2n) is 6.70. The number of hydrogen-bond donors (Lipinski definition) is 0. The Kier molecular flexibility index (Phi) is 6.09. The molecule has 0 radical (unpaired) electrons. The van der Waals surface area contributed by atoms with E-state index in [0.29, 0.717) is 19.4 Å². The molecular weight excluding hydrogens is 444 g/mol. The van der Waals surface area contributed by atoms with E-state index in [-0.39, 0.29) is 5.97 Å². The lowest BCUT2D eigenvalue weighted by atomic mass is 10.1. The van der Waals surface area contributed by atoms with Crippen molar-refractivity contribution < 1.29 is 9.53 Å². The Morgan fingerprint density at radius 3 is 2.60 bits per heavy atom. The summed E-state index contributed by atoms with van der Waals surface area (Å²) in [6.07, 6.45) is 8.07. The molecule has 7 heteroatoms. The second-order valence-corrected chi connectivity index (χ2v) is 7.62. The SMILES string of the molecule is CCOC(=O)CCc1ccc(-c2ccc(Br)cc2)n1-c1ccc(-n2ccnc2)cn1. The van der Waals surface area contributed by atoms with Gasteiger partial charge in [-0.15, -0.1) is 0 Å². The molecule has 0 aliphatic rings. The first kappa shape index (κ1) is 20.1. The van der Waals surface area contributed by atoms with Gasteiger partial charge in [0.2, 0.25) is 0 Å². The topological polar surface area (TPSA) is 61.9 Å². The number of pyridine rings is 1. The fourth-order valence-corrected chi connectivity index (χ4v) is 3.59. The minimum atomic E-state index is -0.196. The minimum Gasteiger partial charge on any atom is -0.466 e. The molecule has 0 fully saturated rings. The third kappa shape index (κ3) is 4.36. The first-order chi connectivity index (χ1) is 14.7. The van der Waals surface area contributed by atoms with E-state index in [1.165, 1.54) is 0 Å². The van der Waals surface area contributed by atoms with Crippen LogP contribution in [0.25, 0.3) is 22.8 Å². The molecule has 0 atom stereocenters. The van der Waals surface area contributed by atoms with Crippen molar-refractivity contribution in [3.05, 3.63) is 83.6 Å². The quantitative estimate of drug-likeness (QED) is 0.361. The molecule has 0 saturated carbocycles. The molecule has 0 saturated heterocycles. The Morgan fingerprint density at radius 2 is 1.93 bits per heavy atom. The fraction of sp³-hybridized carbons (Fsp3) is 0.174. The third-order valence-electron chi connectivity index (χ3n) is 4.76. The van der Waals surface area contributed by atoms with E-state index in [4.69, 9.17) is 9.72 Å². The summed E-state index contributed by atoms with van der Waals surface area (Å²) in [6, 6.07) is 16.2. The number of rotatable bonds is 7. The number of hydrogen-bond acceptors (Lipinski definition) is 4. The number of aromatic nitrogens is 4. The molecular formula is C23H21BrN4O2. The smallest absolute Gasteiger partial charge is 0.306 e. The first-order valence-electron chi connectivity index (χ1n) is 9.72. The molecule has 4 rings (SSSR count). The van der Waals surface area contributed by atoms with Gasteiger partial charge in [0.05, 0.1) is 36.9 Å². The van der Waals surface area contributed by atoms with E-state index >= 15 is 0 Å². The van der Waals surface area contributed by atoms with Crippen LogP contribution >= 0.6 is 15.9 Å². The Balaban J connectivity index is 1.71. The predicted molar refractivity (Wildman–Crippen MR) is 119 cm³/mol. The van der Waals surface area contributed by atoms with Crippen molar-refractivity contribution in [1.29, 1.82) is 0 Å². The largest absolute Gasteiger partial charge is 0.466 e. The summed E-state index contributed by atoms with van der Waals surface area (Å²) in [6.45, 7) is 2.21. The van der Waals surface area contributed by atoms with Gasteiger partial charge in [-0.25, -0.2) is 9.97 Å². The summed E-state index contributed by atoms with van der Waals surface area (Å²) in [4.78, 5) is 20.7. The maximum Gasteiger partial charge on any atom is 0.306 e. The second kappa shape index (κ2) is 9.09. The number of ether oxygens (including phenoxy) is 1. The molecule has 30 heavy (non-hydrogen) atoms. The van der Waals surface area contributed by atoms with Gasteiger partial charge >= 0.3 is 5.97 Å². The van der Waals surface area contributed by atoms with Gasteiger partial charge in [-0.3, -0.25) is 9.36 Å². The standard InChI is InChI=1S/C23H21BrN4O2/c1-2-30-23(29)12-9-19-7-10-21(17-3-5-18(24)6-4-17)28(19)22-11-8-20(15-26-22)27-14-13-25-16-27/h3-8,10-11,13-16H,2,9,12H2,1H3. The van der Waals surface area contributed by atoms with Crippen LogP contribution in [-0.4, -0.2) is 31.7 Å². The molecule has 0 aliphatic heterocycles. The van der Waals surface area contributed by atoms with E-state index in [1.54, 1.807) is 12.5 Å². The van der Waals surface area contributed by atoms with Crippen molar-refractivity contribution in [2.24, 2.45) is 0 Å². The highest BCUT2D eigenvalue weighted by Gasteiger charge is 2.15. The molecule has 4 aromatic rings. The van der Waals surface area contributed by atoms with Gasteiger partial charge in [0.15, 0.2) is 0 Å². The molecule has 3 heterocycles. The van der Waals surface area contributed by atoms with Gasteiger partial charge < -0.3 is 9.30 Å². The highest BCUT2D eigenvalue weighted by atomic mass is 79.9. The van der Waals surface area contributed by atoms with E-state index in [2.05, 4.69) is 43.7 Å². The highest BCUT2D eigenvalue weighted by Crippen LogP contribution is 2.28. The average molecular weight is 465 g/mol. The van der Waals surface area contributed by atoms with Crippen LogP contribution in [0, 0.1) is 0 Å². The molecule has 0 bridgehead atoms. The molecule has 1 aromatic carbocycles. The van der Waals surface area contributed by atoms with Crippen molar-refractivity contribution >= 4 is 21.9 Å². The average Bonchev–Trinajstić information content (AvgIpc) is 3.43. The van der Waals surface area contributed by atoms with Crippen molar-refractivity contribution in [2.45, 2.75) is 19.8 Å². The van der Waals surface area contributed by atoms with Crippen LogP contribution in [0.5, 0.6) is 0 Å². The number of carbonyl (C=O) groups is 1. The summed E-state index contributed by atoms with van der Waals surface area (Å²) >= 11 is 3.49. The number of halogens is 1. The zero-order chi connectivity index (χ0) is 20.9. The molecule has 152 valence electrons. The molecule has 0 amide bonds. The van der Waals surface area contributed by atoms with Gasteiger partial charge in [-0.05, 0) is 55.3 Å². The summed E-state index contributed by atoms with van der Waals surface area (Å²) in [5.74, 6) is 0.597. The zero-order valence-electron chi connectivity index (χ0n) is 16.5. The summed E-state index contributed by atoms with van der Waals surface area (Å²) in [5, 5.41) is 0. The molecule has 0 aliphatic carbocycles. The van der Waals surface area contributed by atoms with Crippen LogP contribution in [0.4, 0.5) is 0 Å². The van der Waals surface area contributed by atoms with Gasteiger partial charge in [-0.2, -0.15) is 0 Å². The van der Waals surface area contributed by atoms with E-state index in [0.717, 1.165) is 32.9 Å². The van der Waals surface area contributed by atoms with Crippen LogP contribution in [0.1, 0.15) is 19.0 Å². The number of esters is 1. The maximum absolute atomic E-state index is 11.9. The predicted octanol–water partition coefficient (Wildman–Crippen LogP) is 4.98. The number of aryl methyl sites for hydroxylation is 1. The Morgan fingerprint density at radius 1 is 1.10 bits per heavy atom. The monoisotopic (exact) mass is 464 g/mol. The lowest BCUT2D eigenvalue weighted by Gasteiger charge is -2.14. The number of benzene rings is 1. The normalized spacial score (nSPS) is 10.9. The molecule has 0 N–H and O–H groups in total. The lowest BCUT2D eigenvalue weighted by Crippen LogP contribution is -2.09. The molecule has 0 unspecified atom stereocenters. The van der Waals surface area contributed by atoms with Crippen LogP contribution in [-0.2, 0) is 16.0 Å². The van der Waals surface area contributed by atoms with Crippen molar-refractivity contribution in [3.63, 3.8) is 0 Å². The highest BCUT2D eigenvalue weighted by molar-refractivity contribution is 9.10. The fourth-order valence-electron chi connectivity index (χ4n) is 3.33. The molecule has 0 spiro atoms. The number of nitrogens with zero attached hydrogens (tertiary/aromatic N) is 4. The number of imidazole rings is 1. The van der Waals surface area contributed by atoms with Gasteiger partial charge in [-0.1, -0.05) is 28.1 Å². The third-order valence-corrected chi connectivity index (χ3v) is 5.28. The van der Waals surface area contributed by atoms with Gasteiger partial charge in [0, 0.05) is 22.6 Å².